The highest BCUT2D eigenvalue weighted by molar-refractivity contribution is 5.68. The highest BCUT2D eigenvalue weighted by atomic mass is 16.7. The van der Waals surface area contributed by atoms with Crippen molar-refractivity contribution >= 4 is 17.9 Å². The summed E-state index contributed by atoms with van der Waals surface area (Å²) in [5, 5.41) is 13.6. The molecule has 1 aliphatic carbocycles. The summed E-state index contributed by atoms with van der Waals surface area (Å²) in [6.07, 6.45) is 0.945. The molecule has 0 aliphatic heterocycles. The summed E-state index contributed by atoms with van der Waals surface area (Å²) in [5.41, 5.74) is 0.128. The van der Waals surface area contributed by atoms with E-state index in [0.717, 1.165) is 5.56 Å². The van der Waals surface area contributed by atoms with Crippen molar-refractivity contribution in [1.82, 2.24) is 5.32 Å². The van der Waals surface area contributed by atoms with E-state index in [1.165, 1.54) is 24.3 Å². The molecule has 1 fully saturated rings. The lowest BCUT2D eigenvalue weighted by Gasteiger charge is -2.40. The summed E-state index contributed by atoms with van der Waals surface area (Å²) < 4.78 is 16.0. The van der Waals surface area contributed by atoms with Crippen molar-refractivity contribution in [3.05, 3.63) is 70.3 Å². The molecule has 0 aromatic heterocycles. The molecule has 9 heteroatoms. The molecule has 0 radical (unpaired) electrons. The molecule has 1 N–H and O–H groups in total. The molecule has 0 spiro atoms. The number of nitrogens with one attached hydrogen (secondary N) is 1. The van der Waals surface area contributed by atoms with E-state index in [9.17, 15) is 19.7 Å². The fraction of sp³-hybridized carbons (Fsp3) is 0.440. The third-order valence-electron chi connectivity index (χ3n) is 5.76. The Morgan fingerprint density at radius 3 is 2.24 bits per heavy atom. The highest BCUT2D eigenvalue weighted by Crippen LogP contribution is 2.40. The van der Waals surface area contributed by atoms with E-state index in [2.05, 4.69) is 5.32 Å². The number of hydrogen-bond donors (Lipinski definition) is 1. The third kappa shape index (κ3) is 6.94. The molecule has 34 heavy (non-hydrogen) atoms. The van der Waals surface area contributed by atoms with Crippen LogP contribution in [0.4, 0.5) is 15.3 Å². The van der Waals surface area contributed by atoms with Gasteiger partial charge in [0, 0.05) is 24.1 Å². The second-order valence-electron chi connectivity index (χ2n) is 9.42. The molecule has 0 bridgehead atoms. The van der Waals surface area contributed by atoms with Crippen LogP contribution in [0.1, 0.15) is 52.0 Å². The standard InChI is InChI=1S/C25H30N2O7/c1-24(2,3)34-22(28)26-17-25(18-7-5-4-6-8-18)15-13-21(14-16-25)33-23(29)32-20-11-9-19(10-12-20)27(30)31/h4-12,21H,13-17H2,1-3H3,(H,26,28). The first-order valence-electron chi connectivity index (χ1n) is 11.2. The van der Waals surface area contributed by atoms with Crippen LogP contribution in [0.3, 0.4) is 0 Å². The van der Waals surface area contributed by atoms with Crippen LogP contribution >= 0.6 is 0 Å². The van der Waals surface area contributed by atoms with Crippen molar-refractivity contribution in [3.63, 3.8) is 0 Å². The van der Waals surface area contributed by atoms with Gasteiger partial charge < -0.3 is 19.5 Å². The number of nitrogens with zero attached hydrogens (tertiary/aromatic N) is 1. The molecule has 0 unspecified atom stereocenters. The minimum absolute atomic E-state index is 0.0924. The maximum absolute atomic E-state index is 12.3. The maximum Gasteiger partial charge on any atom is 0.514 e. The van der Waals surface area contributed by atoms with Crippen molar-refractivity contribution in [2.75, 3.05) is 6.54 Å². The van der Waals surface area contributed by atoms with E-state index in [1.54, 1.807) is 0 Å². The zero-order valence-electron chi connectivity index (χ0n) is 19.6. The van der Waals surface area contributed by atoms with Crippen LogP contribution in [0.25, 0.3) is 0 Å². The zero-order chi connectivity index (χ0) is 24.8. The SMILES string of the molecule is CC(C)(C)OC(=O)NCC1(c2ccccc2)CCC(OC(=O)Oc2ccc([N+](=O)[O-])cc2)CC1. The van der Waals surface area contributed by atoms with Gasteiger partial charge in [0.15, 0.2) is 0 Å². The number of ether oxygens (including phenoxy) is 3. The van der Waals surface area contributed by atoms with Crippen LogP contribution in [0.15, 0.2) is 54.6 Å². The number of alkyl carbamates (subject to hydrolysis) is 1. The Morgan fingerprint density at radius 1 is 1.06 bits per heavy atom. The van der Waals surface area contributed by atoms with Gasteiger partial charge in [0.2, 0.25) is 0 Å². The van der Waals surface area contributed by atoms with E-state index in [-0.39, 0.29) is 23.0 Å². The molecule has 9 nitrogen and oxygen atoms in total. The minimum atomic E-state index is -0.849. The summed E-state index contributed by atoms with van der Waals surface area (Å²) in [4.78, 5) is 34.7. The topological polar surface area (TPSA) is 117 Å². The van der Waals surface area contributed by atoms with Gasteiger partial charge in [-0.15, -0.1) is 0 Å². The predicted molar refractivity (Wildman–Crippen MR) is 125 cm³/mol. The molecule has 2 aromatic carbocycles. The van der Waals surface area contributed by atoms with Crippen LogP contribution in [0.2, 0.25) is 0 Å². The molecule has 1 amide bonds. The summed E-state index contributed by atoms with van der Waals surface area (Å²) >= 11 is 0. The lowest BCUT2D eigenvalue weighted by molar-refractivity contribution is -0.384. The van der Waals surface area contributed by atoms with Crippen LogP contribution in [-0.4, -0.2) is 35.4 Å². The number of benzene rings is 2. The minimum Gasteiger partial charge on any atom is -0.444 e. The highest BCUT2D eigenvalue weighted by Gasteiger charge is 2.39. The molecule has 0 saturated heterocycles. The van der Waals surface area contributed by atoms with Crippen LogP contribution in [0.5, 0.6) is 5.75 Å². The first-order valence-corrected chi connectivity index (χ1v) is 11.2. The first-order chi connectivity index (χ1) is 16.1. The van der Waals surface area contributed by atoms with Crippen LogP contribution in [-0.2, 0) is 14.9 Å². The summed E-state index contributed by atoms with van der Waals surface area (Å²) in [6, 6.07) is 15.2. The van der Waals surface area contributed by atoms with Gasteiger partial charge in [-0.1, -0.05) is 30.3 Å². The zero-order valence-corrected chi connectivity index (χ0v) is 19.6. The van der Waals surface area contributed by atoms with Crippen LogP contribution in [0, 0.1) is 10.1 Å². The van der Waals surface area contributed by atoms with E-state index in [4.69, 9.17) is 14.2 Å². The van der Waals surface area contributed by atoms with Gasteiger partial charge in [-0.2, -0.15) is 0 Å². The lowest BCUT2D eigenvalue weighted by atomic mass is 9.68. The third-order valence-corrected chi connectivity index (χ3v) is 5.76. The molecule has 2 aromatic rings. The van der Waals surface area contributed by atoms with Crippen LogP contribution < -0.4 is 10.1 Å². The van der Waals surface area contributed by atoms with E-state index in [1.807, 2.05) is 51.1 Å². The van der Waals surface area contributed by atoms with Crippen molar-refractivity contribution in [1.29, 1.82) is 0 Å². The number of carbonyl (C=O) groups is 2. The van der Waals surface area contributed by atoms with E-state index in [0.29, 0.717) is 32.2 Å². The Balaban J connectivity index is 1.59. The second-order valence-corrected chi connectivity index (χ2v) is 9.42. The van der Waals surface area contributed by atoms with Crippen molar-refractivity contribution < 1.29 is 28.7 Å². The van der Waals surface area contributed by atoms with E-state index < -0.39 is 22.8 Å². The molecule has 1 saturated carbocycles. The average molecular weight is 471 g/mol. The number of amides is 1. The van der Waals surface area contributed by atoms with Crippen molar-refractivity contribution in [3.8, 4) is 5.75 Å². The van der Waals surface area contributed by atoms with Gasteiger partial charge in [-0.25, -0.2) is 9.59 Å². The Morgan fingerprint density at radius 2 is 1.68 bits per heavy atom. The average Bonchev–Trinajstić information content (AvgIpc) is 2.78. The molecule has 0 heterocycles. The largest absolute Gasteiger partial charge is 0.514 e. The molecule has 182 valence electrons. The molecule has 3 rings (SSSR count). The van der Waals surface area contributed by atoms with Gasteiger partial charge >= 0.3 is 12.2 Å². The smallest absolute Gasteiger partial charge is 0.444 e. The second kappa shape index (κ2) is 10.5. The van der Waals surface area contributed by atoms with Crippen molar-refractivity contribution in [2.45, 2.75) is 63.6 Å². The molecule has 1 aliphatic rings. The molecular formula is C25H30N2O7. The van der Waals surface area contributed by atoms with Gasteiger partial charge in [-0.05, 0) is 64.2 Å². The normalized spacial score (nSPS) is 20.1. The number of nitro benzene ring substituents is 1. The monoisotopic (exact) mass is 470 g/mol. The van der Waals surface area contributed by atoms with Gasteiger partial charge in [0.1, 0.15) is 17.5 Å². The summed E-state index contributed by atoms with van der Waals surface area (Å²) in [5.74, 6) is 0.173. The van der Waals surface area contributed by atoms with Gasteiger partial charge in [0.25, 0.3) is 5.69 Å². The number of carbonyl (C=O) groups excluding carboxylic acids is 2. The number of hydrogen-bond acceptors (Lipinski definition) is 7. The predicted octanol–water partition coefficient (Wildman–Crippen LogP) is 5.52. The Bertz CT molecular complexity index is 992. The Hall–Kier alpha value is -3.62. The number of rotatable bonds is 6. The van der Waals surface area contributed by atoms with Gasteiger partial charge in [0.05, 0.1) is 4.92 Å². The van der Waals surface area contributed by atoms with E-state index >= 15 is 0 Å². The first kappa shape index (κ1) is 25.0. The lowest BCUT2D eigenvalue weighted by Crippen LogP contribution is -2.46. The maximum atomic E-state index is 12.3. The molecular weight excluding hydrogens is 440 g/mol. The summed E-state index contributed by atoms with van der Waals surface area (Å²) in [7, 11) is 0. The fourth-order valence-corrected chi connectivity index (χ4v) is 4.07. The Kier molecular flexibility index (Phi) is 7.75. The number of non-ortho nitro benzene ring substituents is 1. The Labute approximate surface area is 198 Å². The summed E-state index contributed by atoms with van der Waals surface area (Å²) in [6.45, 7) is 5.86. The van der Waals surface area contributed by atoms with Gasteiger partial charge in [-0.3, -0.25) is 10.1 Å². The fourth-order valence-electron chi connectivity index (χ4n) is 4.07. The molecule has 0 atom stereocenters. The van der Waals surface area contributed by atoms with Crippen molar-refractivity contribution in [2.24, 2.45) is 0 Å². The quantitative estimate of drug-likeness (QED) is 0.256. The number of nitro groups is 1.